The summed E-state index contributed by atoms with van der Waals surface area (Å²) in [6.07, 6.45) is 1.16. The molecule has 0 saturated carbocycles. The predicted molar refractivity (Wildman–Crippen MR) is 83.9 cm³/mol. The van der Waals surface area contributed by atoms with Gasteiger partial charge in [-0.2, -0.15) is 0 Å². The highest BCUT2D eigenvalue weighted by atomic mass is 32.1. The van der Waals surface area contributed by atoms with Crippen LogP contribution in [-0.2, 0) is 4.79 Å². The van der Waals surface area contributed by atoms with E-state index in [1.54, 1.807) is 19.1 Å². The predicted octanol–water partition coefficient (Wildman–Crippen LogP) is 2.95. The monoisotopic (exact) mass is 334 g/mol. The molecule has 1 aromatic carbocycles. The lowest BCUT2D eigenvalue weighted by atomic mass is 10.2. The number of hydrogen-bond acceptors (Lipinski definition) is 4. The number of carbonyl (C=O) groups is 2. The van der Waals surface area contributed by atoms with Crippen molar-refractivity contribution in [1.82, 2.24) is 9.88 Å². The molecule has 5 nitrogen and oxygen atoms in total. The third kappa shape index (κ3) is 2.96. The first-order valence-corrected chi connectivity index (χ1v) is 8.06. The number of aromatic nitrogens is 1. The van der Waals surface area contributed by atoms with Crippen molar-refractivity contribution < 1.29 is 19.1 Å². The summed E-state index contributed by atoms with van der Waals surface area (Å²) in [6.45, 7) is 2.17. The van der Waals surface area contributed by atoms with E-state index in [0.29, 0.717) is 35.0 Å². The van der Waals surface area contributed by atoms with Gasteiger partial charge in [-0.25, -0.2) is 14.2 Å². The second kappa shape index (κ2) is 6.08. The Labute approximate surface area is 136 Å². The van der Waals surface area contributed by atoms with Crippen molar-refractivity contribution in [2.45, 2.75) is 25.8 Å². The van der Waals surface area contributed by atoms with Gasteiger partial charge >= 0.3 is 5.97 Å². The van der Waals surface area contributed by atoms with Gasteiger partial charge in [0, 0.05) is 12.1 Å². The summed E-state index contributed by atoms with van der Waals surface area (Å²) in [5.41, 5.74) is 1.30. The molecule has 23 heavy (non-hydrogen) atoms. The number of halogens is 1. The first-order valence-electron chi connectivity index (χ1n) is 7.24. The molecule has 3 rings (SSSR count). The lowest BCUT2D eigenvalue weighted by molar-refractivity contribution is -0.141. The summed E-state index contributed by atoms with van der Waals surface area (Å²) in [6, 6.07) is 5.14. The highest BCUT2D eigenvalue weighted by Gasteiger charge is 2.35. The van der Waals surface area contributed by atoms with Crippen molar-refractivity contribution >= 4 is 23.2 Å². The molecule has 0 unspecified atom stereocenters. The molecule has 2 aromatic rings. The molecule has 0 bridgehead atoms. The zero-order valence-electron chi connectivity index (χ0n) is 12.5. The molecule has 1 saturated heterocycles. The Morgan fingerprint density at radius 2 is 2.04 bits per heavy atom. The maximum absolute atomic E-state index is 13.0. The second-order valence-corrected chi connectivity index (χ2v) is 6.43. The van der Waals surface area contributed by atoms with Crippen LogP contribution < -0.4 is 0 Å². The zero-order chi connectivity index (χ0) is 16.6. The van der Waals surface area contributed by atoms with Crippen LogP contribution in [0.5, 0.6) is 0 Å². The van der Waals surface area contributed by atoms with E-state index < -0.39 is 12.0 Å². The normalized spacial score (nSPS) is 17.5. The van der Waals surface area contributed by atoms with Crippen molar-refractivity contribution in [3.8, 4) is 10.6 Å². The molecule has 1 atom stereocenters. The Morgan fingerprint density at radius 3 is 2.70 bits per heavy atom. The number of aliphatic carboxylic acids is 1. The van der Waals surface area contributed by atoms with Gasteiger partial charge in [0.25, 0.3) is 5.91 Å². The number of likely N-dealkylation sites (tertiary alicyclic amines) is 1. The highest BCUT2D eigenvalue weighted by Crippen LogP contribution is 2.30. The zero-order valence-corrected chi connectivity index (χ0v) is 13.3. The van der Waals surface area contributed by atoms with Gasteiger partial charge in [0.05, 0.1) is 5.69 Å². The Bertz CT molecular complexity index is 757. The number of hydrogen-bond donors (Lipinski definition) is 1. The molecule has 0 aliphatic carbocycles. The first-order chi connectivity index (χ1) is 11.0. The fourth-order valence-corrected chi connectivity index (χ4v) is 3.74. The maximum atomic E-state index is 13.0. The van der Waals surface area contributed by atoms with E-state index in [1.807, 2.05) is 0 Å². The largest absolute Gasteiger partial charge is 0.480 e. The molecule has 0 spiro atoms. The van der Waals surface area contributed by atoms with Crippen molar-refractivity contribution in [3.63, 3.8) is 0 Å². The van der Waals surface area contributed by atoms with Gasteiger partial charge in [-0.1, -0.05) is 0 Å². The maximum Gasteiger partial charge on any atom is 0.326 e. The van der Waals surface area contributed by atoms with E-state index >= 15 is 0 Å². The van der Waals surface area contributed by atoms with Gasteiger partial charge in [0.15, 0.2) is 0 Å². The number of benzene rings is 1. The number of amides is 1. The van der Waals surface area contributed by atoms with Crippen LogP contribution in [0.2, 0.25) is 0 Å². The fourth-order valence-electron chi connectivity index (χ4n) is 2.71. The number of nitrogens with zero attached hydrogens (tertiary/aromatic N) is 2. The van der Waals surface area contributed by atoms with E-state index in [4.69, 9.17) is 0 Å². The fraction of sp³-hybridized carbons (Fsp3) is 0.312. The summed E-state index contributed by atoms with van der Waals surface area (Å²) in [5.74, 6) is -1.60. The van der Waals surface area contributed by atoms with E-state index in [0.717, 1.165) is 5.56 Å². The van der Waals surface area contributed by atoms with Crippen LogP contribution in [0.4, 0.5) is 4.39 Å². The van der Waals surface area contributed by atoms with Crippen molar-refractivity contribution in [1.29, 1.82) is 0 Å². The molecule has 1 N–H and O–H groups in total. The SMILES string of the molecule is Cc1nc(-c2ccc(F)cc2)sc1C(=O)N1CCC[C@@H]1C(=O)O. The average Bonchev–Trinajstić information content (AvgIpc) is 3.14. The molecule has 0 radical (unpaired) electrons. The van der Waals surface area contributed by atoms with Crippen LogP contribution in [0.25, 0.3) is 10.6 Å². The number of thiazole rings is 1. The smallest absolute Gasteiger partial charge is 0.326 e. The summed E-state index contributed by atoms with van der Waals surface area (Å²) < 4.78 is 13.0. The van der Waals surface area contributed by atoms with Gasteiger partial charge in [0.2, 0.25) is 0 Å². The Kier molecular flexibility index (Phi) is 4.12. The molecule has 120 valence electrons. The quantitative estimate of drug-likeness (QED) is 0.937. The minimum absolute atomic E-state index is 0.293. The topological polar surface area (TPSA) is 70.5 Å². The Hall–Kier alpha value is -2.28. The average molecular weight is 334 g/mol. The van der Waals surface area contributed by atoms with Gasteiger partial charge in [-0.05, 0) is 44.0 Å². The highest BCUT2D eigenvalue weighted by molar-refractivity contribution is 7.17. The Balaban J connectivity index is 1.90. The summed E-state index contributed by atoms with van der Waals surface area (Å²) >= 11 is 1.21. The number of carboxylic acid groups (broad SMARTS) is 1. The van der Waals surface area contributed by atoms with Crippen molar-refractivity contribution in [2.24, 2.45) is 0 Å². The van der Waals surface area contributed by atoms with Crippen molar-refractivity contribution in [2.75, 3.05) is 6.54 Å². The van der Waals surface area contributed by atoms with E-state index in [1.165, 1.54) is 28.4 Å². The summed E-state index contributed by atoms with van der Waals surface area (Å²) in [7, 11) is 0. The summed E-state index contributed by atoms with van der Waals surface area (Å²) in [4.78, 5) is 30.1. The van der Waals surface area contributed by atoms with Gasteiger partial charge in [0.1, 0.15) is 21.7 Å². The van der Waals surface area contributed by atoms with Crippen LogP contribution in [0, 0.1) is 12.7 Å². The minimum Gasteiger partial charge on any atom is -0.480 e. The van der Waals surface area contributed by atoms with Gasteiger partial charge < -0.3 is 10.0 Å². The standard InChI is InChI=1S/C16H15FN2O3S/c1-9-13(15(20)19-8-2-3-12(19)16(21)22)23-14(18-9)10-4-6-11(17)7-5-10/h4-7,12H,2-3,8H2,1H3,(H,21,22)/t12-/m1/s1. The lowest BCUT2D eigenvalue weighted by Crippen LogP contribution is -2.40. The molecule has 1 aliphatic heterocycles. The van der Waals surface area contributed by atoms with E-state index in [2.05, 4.69) is 4.98 Å². The van der Waals surface area contributed by atoms with Gasteiger partial charge in [-0.3, -0.25) is 4.79 Å². The van der Waals surface area contributed by atoms with Crippen molar-refractivity contribution in [3.05, 3.63) is 40.7 Å². The number of aryl methyl sites for hydroxylation is 1. The van der Waals surface area contributed by atoms with E-state index in [9.17, 15) is 19.1 Å². The Morgan fingerprint density at radius 1 is 1.35 bits per heavy atom. The summed E-state index contributed by atoms with van der Waals surface area (Å²) in [5, 5.41) is 9.84. The number of rotatable bonds is 3. The molecule has 1 aromatic heterocycles. The van der Waals surface area contributed by atoms with E-state index in [-0.39, 0.29) is 11.7 Å². The first kappa shape index (κ1) is 15.6. The molecular weight excluding hydrogens is 319 g/mol. The molecular formula is C16H15FN2O3S. The van der Waals surface area contributed by atoms with Crippen LogP contribution in [0.3, 0.4) is 0 Å². The van der Waals surface area contributed by atoms with Crippen LogP contribution in [0.15, 0.2) is 24.3 Å². The van der Waals surface area contributed by atoms with Crippen LogP contribution in [0.1, 0.15) is 28.2 Å². The van der Waals surface area contributed by atoms with Gasteiger partial charge in [-0.15, -0.1) is 11.3 Å². The second-order valence-electron chi connectivity index (χ2n) is 5.44. The molecule has 1 amide bonds. The molecule has 1 aliphatic rings. The number of carbonyl (C=O) groups excluding carboxylic acids is 1. The molecule has 2 heterocycles. The third-order valence-electron chi connectivity index (χ3n) is 3.88. The molecule has 7 heteroatoms. The lowest BCUT2D eigenvalue weighted by Gasteiger charge is -2.20. The molecule has 1 fully saturated rings. The third-order valence-corrected chi connectivity index (χ3v) is 5.08. The minimum atomic E-state index is -0.975. The van der Waals surface area contributed by atoms with Crippen LogP contribution in [-0.4, -0.2) is 39.5 Å². The van der Waals surface area contributed by atoms with Crippen LogP contribution >= 0.6 is 11.3 Å². The number of carboxylic acids is 1.